The van der Waals surface area contributed by atoms with Crippen LogP contribution in [0.3, 0.4) is 0 Å². The summed E-state index contributed by atoms with van der Waals surface area (Å²) in [6.07, 6.45) is 6.02. The van der Waals surface area contributed by atoms with Gasteiger partial charge in [0.15, 0.2) is 12.7 Å². The second kappa shape index (κ2) is 14.3. The van der Waals surface area contributed by atoms with Crippen molar-refractivity contribution in [1.82, 2.24) is 4.90 Å². The summed E-state index contributed by atoms with van der Waals surface area (Å²) in [5, 5.41) is 6.70. The molecule has 0 fully saturated rings. The minimum atomic E-state index is 0.597. The van der Waals surface area contributed by atoms with Crippen LogP contribution in [-0.2, 0) is 17.8 Å². The van der Waals surface area contributed by atoms with E-state index < -0.39 is 0 Å². The van der Waals surface area contributed by atoms with E-state index in [1.165, 1.54) is 5.56 Å². The summed E-state index contributed by atoms with van der Waals surface area (Å²) in [4.78, 5) is 18.1. The molecule has 0 N–H and O–H groups in total. The number of hydrogen-bond donors (Lipinski definition) is 0. The molecule has 1 aliphatic heterocycles. The van der Waals surface area contributed by atoms with Gasteiger partial charge in [-0.25, -0.2) is 0 Å². The van der Waals surface area contributed by atoms with Gasteiger partial charge in [-0.15, -0.1) is 0 Å². The van der Waals surface area contributed by atoms with Crippen molar-refractivity contribution < 1.29 is 9.36 Å². The number of amides is 1. The average Bonchev–Trinajstić information content (AvgIpc) is 3.48. The van der Waals surface area contributed by atoms with E-state index in [2.05, 4.69) is 53.2 Å². The van der Waals surface area contributed by atoms with Crippen LogP contribution in [0.25, 0.3) is 6.08 Å². The lowest BCUT2D eigenvalue weighted by atomic mass is 10.1. The third-order valence-electron chi connectivity index (χ3n) is 5.62. The summed E-state index contributed by atoms with van der Waals surface area (Å²) in [6.45, 7) is 9.53. The second-order valence-electron chi connectivity index (χ2n) is 7.92. The van der Waals surface area contributed by atoms with Crippen LogP contribution in [0.1, 0.15) is 38.3 Å². The van der Waals surface area contributed by atoms with Gasteiger partial charge in [-0.3, -0.25) is 4.79 Å². The number of aryl methyl sites for hydroxylation is 2. The maximum atomic E-state index is 11.9. The molecule has 3 aromatic rings. The van der Waals surface area contributed by atoms with E-state index in [0.29, 0.717) is 6.54 Å². The summed E-state index contributed by atoms with van der Waals surface area (Å²) in [6, 6.07) is 13.9. The zero-order valence-corrected chi connectivity index (χ0v) is 25.7. The van der Waals surface area contributed by atoms with Gasteiger partial charge in [0, 0.05) is 39.9 Å². The Morgan fingerprint density at radius 3 is 2.51 bits per heavy atom. The highest BCUT2D eigenvalue weighted by atomic mass is 35.5. The Morgan fingerprint density at radius 2 is 1.84 bits per heavy atom. The summed E-state index contributed by atoms with van der Waals surface area (Å²) in [5.74, 6) is 0. The first kappa shape index (κ1) is 29.7. The van der Waals surface area contributed by atoms with Crippen LogP contribution in [-0.4, -0.2) is 24.9 Å². The number of carbonyl (C=O) groups excluding carboxylic acids is 1. The van der Waals surface area contributed by atoms with Crippen molar-refractivity contribution in [2.24, 2.45) is 0 Å². The van der Waals surface area contributed by atoms with Gasteiger partial charge < -0.3 is 9.80 Å². The Hall–Kier alpha value is -1.90. The molecule has 2 heterocycles. The third kappa shape index (κ3) is 7.58. The zero-order valence-electron chi connectivity index (χ0n) is 21.7. The van der Waals surface area contributed by atoms with Gasteiger partial charge >= 0.3 is 0 Å². The number of allylic oxidation sites excluding steroid dienone is 1. The van der Waals surface area contributed by atoms with Crippen molar-refractivity contribution in [3.05, 3.63) is 89.6 Å². The van der Waals surface area contributed by atoms with E-state index in [0.717, 1.165) is 60.0 Å². The first-order chi connectivity index (χ1) is 17.9. The van der Waals surface area contributed by atoms with Crippen LogP contribution in [0, 0.1) is 0 Å². The number of carbonyl (C=O) groups is 1. The Balaban J connectivity index is 0.00000186. The van der Waals surface area contributed by atoms with E-state index in [-0.39, 0.29) is 0 Å². The Bertz CT molecular complexity index is 1270. The van der Waals surface area contributed by atoms with Crippen LogP contribution in [0.4, 0.5) is 5.69 Å². The molecule has 1 aliphatic rings. The lowest BCUT2D eigenvalue weighted by molar-refractivity contribution is -0.693. The summed E-state index contributed by atoms with van der Waals surface area (Å²) >= 11 is 17.2. The number of aromatic nitrogens is 1. The maximum Gasteiger partial charge on any atom is 0.264 e. The summed E-state index contributed by atoms with van der Waals surface area (Å²) in [5.41, 5.74) is 2.38. The number of halogens is 2. The Kier molecular flexibility index (Phi) is 11.5. The molecule has 1 aromatic heterocycles. The van der Waals surface area contributed by atoms with Crippen LogP contribution in [0.5, 0.6) is 0 Å². The van der Waals surface area contributed by atoms with Gasteiger partial charge in [0.1, 0.15) is 0 Å². The molecule has 196 valence electrons. The minimum absolute atomic E-state index is 0.597. The van der Waals surface area contributed by atoms with Crippen molar-refractivity contribution in [3.8, 4) is 0 Å². The molecule has 4 nitrogen and oxygen atoms in total. The summed E-state index contributed by atoms with van der Waals surface area (Å²) in [7, 11) is 2.07. The average molecular weight is 594 g/mol. The molecular formula is C28H32Cl2N3OS3+. The molecule has 0 saturated carbocycles. The van der Waals surface area contributed by atoms with Crippen LogP contribution in [0.15, 0.2) is 73.9 Å². The number of benzene rings is 2. The number of anilines is 1. The fourth-order valence-corrected chi connectivity index (χ4v) is 7.30. The zero-order chi connectivity index (χ0) is 26.9. The van der Waals surface area contributed by atoms with Crippen molar-refractivity contribution >= 4 is 76.2 Å². The highest BCUT2D eigenvalue weighted by Gasteiger charge is 2.25. The maximum absolute atomic E-state index is 11.9. The molecule has 37 heavy (non-hydrogen) atoms. The quantitative estimate of drug-likeness (QED) is 0.184. The Morgan fingerprint density at radius 1 is 1.14 bits per heavy atom. The fraction of sp³-hybridized carbons (Fsp3) is 0.286. The molecule has 2 aromatic carbocycles. The van der Waals surface area contributed by atoms with Crippen molar-refractivity contribution in [3.63, 3.8) is 0 Å². The molecule has 0 saturated heterocycles. The van der Waals surface area contributed by atoms with Crippen molar-refractivity contribution in [2.75, 3.05) is 18.5 Å². The monoisotopic (exact) mass is 592 g/mol. The smallest absolute Gasteiger partial charge is 0.264 e. The number of thioether (sulfide) groups is 2. The molecule has 0 spiro atoms. The van der Waals surface area contributed by atoms with E-state index >= 15 is 0 Å². The van der Waals surface area contributed by atoms with Crippen molar-refractivity contribution in [1.29, 1.82) is 0 Å². The third-order valence-corrected chi connectivity index (χ3v) is 9.47. The molecule has 9 heteroatoms. The number of fused-ring (bicyclic) bond motifs is 1. The van der Waals surface area contributed by atoms with E-state index in [9.17, 15) is 4.79 Å². The molecule has 0 radical (unpaired) electrons. The second-order valence-corrected chi connectivity index (χ2v) is 12.0. The van der Waals surface area contributed by atoms with Gasteiger partial charge in [-0.1, -0.05) is 84.0 Å². The highest BCUT2D eigenvalue weighted by molar-refractivity contribution is 8.09. The SMILES string of the molecule is CC.CCN(C=O)/C(=C/c1scc[n+]1CCc1ccc(Cl)cc1)S/C(C)=C1/Sc2cc(Cl)ccc2N1C. The molecule has 0 bridgehead atoms. The first-order valence-corrected chi connectivity index (χ1v) is 15.4. The largest absolute Gasteiger partial charge is 0.337 e. The highest BCUT2D eigenvalue weighted by Crippen LogP contribution is 2.49. The van der Waals surface area contributed by atoms with E-state index in [4.69, 9.17) is 23.2 Å². The predicted molar refractivity (Wildman–Crippen MR) is 163 cm³/mol. The van der Waals surface area contributed by atoms with Gasteiger partial charge in [0.05, 0.1) is 27.2 Å². The molecular weight excluding hydrogens is 561 g/mol. The van der Waals surface area contributed by atoms with Gasteiger partial charge in [0.25, 0.3) is 5.01 Å². The van der Waals surface area contributed by atoms with Crippen LogP contribution < -0.4 is 9.47 Å². The number of thiazole rings is 1. The van der Waals surface area contributed by atoms with E-state index in [1.54, 1.807) is 39.8 Å². The topological polar surface area (TPSA) is 27.4 Å². The van der Waals surface area contributed by atoms with Gasteiger partial charge in [-0.2, -0.15) is 4.57 Å². The van der Waals surface area contributed by atoms with E-state index in [1.807, 2.05) is 51.1 Å². The van der Waals surface area contributed by atoms with Crippen LogP contribution >= 0.6 is 58.1 Å². The lowest BCUT2D eigenvalue weighted by Gasteiger charge is -2.21. The number of hydrogen-bond acceptors (Lipinski definition) is 5. The van der Waals surface area contributed by atoms with Gasteiger partial charge in [0.2, 0.25) is 6.41 Å². The standard InChI is InChI=1S/C26H26Cl2N3OS3.C2H6/c1-4-30(17-32)25(34-18(2)26-29(3)22-10-9-21(28)15-23(22)35-26)16-24-31(13-14-33-24)12-11-19-5-7-20(27)8-6-19;1-2/h5-10,13-17H,4,11-12H2,1-3H3;1-2H3/q+1;/b26-18+;. The molecule has 0 unspecified atom stereocenters. The fourth-order valence-electron chi connectivity index (χ4n) is 3.71. The minimum Gasteiger partial charge on any atom is -0.337 e. The number of nitrogens with zero attached hydrogens (tertiary/aromatic N) is 3. The van der Waals surface area contributed by atoms with Crippen LogP contribution in [0.2, 0.25) is 10.0 Å². The van der Waals surface area contributed by atoms with Gasteiger partial charge in [-0.05, 0) is 49.7 Å². The predicted octanol–water partition coefficient (Wildman–Crippen LogP) is 8.55. The summed E-state index contributed by atoms with van der Waals surface area (Å²) < 4.78 is 2.23. The molecule has 0 aliphatic carbocycles. The molecule has 0 atom stereocenters. The lowest BCUT2D eigenvalue weighted by Crippen LogP contribution is -2.35. The first-order valence-electron chi connectivity index (χ1n) is 12.1. The number of rotatable bonds is 9. The molecule has 4 rings (SSSR count). The normalized spacial score (nSPS) is 14.1. The molecule has 1 amide bonds. The Labute approximate surface area is 243 Å². The van der Waals surface area contributed by atoms with Crippen molar-refractivity contribution in [2.45, 2.75) is 45.6 Å².